The summed E-state index contributed by atoms with van der Waals surface area (Å²) in [6.07, 6.45) is 2.22. The van der Waals surface area contributed by atoms with Gasteiger partial charge >= 0.3 is 0 Å². The van der Waals surface area contributed by atoms with Crippen LogP contribution in [0.1, 0.15) is 33.1 Å². The highest BCUT2D eigenvalue weighted by Gasteiger charge is 2.24. The molecular weight excluding hydrogens is 284 g/mol. The number of nitrogens with zero attached hydrogens (tertiary/aromatic N) is 1. The fraction of sp³-hybridized carbons (Fsp3) is 0.500. The SMILES string of the molecule is CCC(CC)NC(=O)CCN1C(=O)CSc2ccccc21. The molecule has 0 bridgehead atoms. The van der Waals surface area contributed by atoms with Crippen molar-refractivity contribution in [1.82, 2.24) is 5.32 Å². The molecule has 114 valence electrons. The number of carbonyl (C=O) groups is 2. The summed E-state index contributed by atoms with van der Waals surface area (Å²) >= 11 is 1.56. The Kier molecular flexibility index (Phi) is 5.67. The average molecular weight is 306 g/mol. The third kappa shape index (κ3) is 4.00. The Morgan fingerprint density at radius 2 is 2.05 bits per heavy atom. The molecule has 0 spiro atoms. The van der Waals surface area contributed by atoms with Gasteiger partial charge in [0.25, 0.3) is 0 Å². The molecule has 1 heterocycles. The average Bonchev–Trinajstić information content (AvgIpc) is 2.51. The van der Waals surface area contributed by atoms with Crippen molar-refractivity contribution in [3.8, 4) is 0 Å². The highest BCUT2D eigenvalue weighted by molar-refractivity contribution is 8.00. The van der Waals surface area contributed by atoms with Crippen molar-refractivity contribution in [3.05, 3.63) is 24.3 Å². The summed E-state index contributed by atoms with van der Waals surface area (Å²) in [5.41, 5.74) is 0.925. The van der Waals surface area contributed by atoms with Crippen LogP contribution in [0.3, 0.4) is 0 Å². The molecule has 1 aromatic carbocycles. The Morgan fingerprint density at radius 1 is 1.33 bits per heavy atom. The van der Waals surface area contributed by atoms with E-state index in [2.05, 4.69) is 19.2 Å². The van der Waals surface area contributed by atoms with Crippen LogP contribution in [-0.2, 0) is 9.59 Å². The lowest BCUT2D eigenvalue weighted by molar-refractivity contribution is -0.121. The number of anilines is 1. The van der Waals surface area contributed by atoms with Crippen LogP contribution in [0.25, 0.3) is 0 Å². The maximum absolute atomic E-state index is 12.1. The molecule has 0 unspecified atom stereocenters. The number of fused-ring (bicyclic) bond motifs is 1. The minimum Gasteiger partial charge on any atom is -0.353 e. The van der Waals surface area contributed by atoms with Gasteiger partial charge in [-0.2, -0.15) is 0 Å². The zero-order valence-electron chi connectivity index (χ0n) is 12.6. The molecule has 1 N–H and O–H groups in total. The molecule has 0 aromatic heterocycles. The van der Waals surface area contributed by atoms with Crippen molar-refractivity contribution in [1.29, 1.82) is 0 Å². The first-order valence-corrected chi connectivity index (χ1v) is 8.45. The number of hydrogen-bond donors (Lipinski definition) is 1. The van der Waals surface area contributed by atoms with Gasteiger partial charge in [-0.25, -0.2) is 0 Å². The molecule has 2 rings (SSSR count). The van der Waals surface area contributed by atoms with Crippen molar-refractivity contribution >= 4 is 29.3 Å². The van der Waals surface area contributed by atoms with Crippen LogP contribution in [0.5, 0.6) is 0 Å². The van der Waals surface area contributed by atoms with E-state index in [0.717, 1.165) is 23.4 Å². The predicted octanol–water partition coefficient (Wildman–Crippen LogP) is 2.82. The van der Waals surface area contributed by atoms with E-state index in [1.807, 2.05) is 24.3 Å². The van der Waals surface area contributed by atoms with E-state index in [0.29, 0.717) is 18.7 Å². The second-order valence-corrected chi connectivity index (χ2v) is 6.15. The summed E-state index contributed by atoms with van der Waals surface area (Å²) in [7, 11) is 0. The van der Waals surface area contributed by atoms with Crippen molar-refractivity contribution in [2.45, 2.75) is 44.0 Å². The zero-order chi connectivity index (χ0) is 15.2. The summed E-state index contributed by atoms with van der Waals surface area (Å²) in [6, 6.07) is 8.09. The first-order valence-electron chi connectivity index (χ1n) is 7.47. The fourth-order valence-electron chi connectivity index (χ4n) is 2.41. The van der Waals surface area contributed by atoms with Crippen LogP contribution >= 0.6 is 11.8 Å². The van der Waals surface area contributed by atoms with E-state index in [-0.39, 0.29) is 17.9 Å². The van der Waals surface area contributed by atoms with Crippen molar-refractivity contribution in [3.63, 3.8) is 0 Å². The second-order valence-electron chi connectivity index (χ2n) is 5.13. The lowest BCUT2D eigenvalue weighted by Crippen LogP contribution is -2.40. The summed E-state index contributed by atoms with van der Waals surface area (Å²) in [4.78, 5) is 26.9. The van der Waals surface area contributed by atoms with Gasteiger partial charge in [-0.1, -0.05) is 26.0 Å². The largest absolute Gasteiger partial charge is 0.353 e. The molecule has 1 aromatic rings. The van der Waals surface area contributed by atoms with Crippen molar-refractivity contribution in [2.24, 2.45) is 0 Å². The molecule has 1 aliphatic heterocycles. The highest BCUT2D eigenvalue weighted by Crippen LogP contribution is 2.34. The number of nitrogens with one attached hydrogen (secondary N) is 1. The van der Waals surface area contributed by atoms with E-state index in [1.165, 1.54) is 0 Å². The van der Waals surface area contributed by atoms with Gasteiger partial charge in [0.05, 0.1) is 11.4 Å². The third-order valence-corrected chi connectivity index (χ3v) is 4.77. The smallest absolute Gasteiger partial charge is 0.237 e. The Labute approximate surface area is 130 Å². The monoisotopic (exact) mass is 306 g/mol. The van der Waals surface area contributed by atoms with Gasteiger partial charge in [-0.05, 0) is 25.0 Å². The van der Waals surface area contributed by atoms with Crippen LogP contribution in [0.2, 0.25) is 0 Å². The van der Waals surface area contributed by atoms with Gasteiger partial charge in [-0.15, -0.1) is 11.8 Å². The molecule has 4 nitrogen and oxygen atoms in total. The van der Waals surface area contributed by atoms with Gasteiger partial charge in [-0.3, -0.25) is 9.59 Å². The Bertz CT molecular complexity index is 515. The van der Waals surface area contributed by atoms with Gasteiger partial charge in [0.2, 0.25) is 11.8 Å². The van der Waals surface area contributed by atoms with Crippen LogP contribution in [-0.4, -0.2) is 30.2 Å². The molecule has 21 heavy (non-hydrogen) atoms. The molecule has 5 heteroatoms. The molecule has 0 aliphatic carbocycles. The first kappa shape index (κ1) is 15.9. The van der Waals surface area contributed by atoms with E-state index >= 15 is 0 Å². The van der Waals surface area contributed by atoms with Crippen molar-refractivity contribution in [2.75, 3.05) is 17.2 Å². The standard InChI is InChI=1S/C16H22N2O2S/c1-3-12(4-2)17-15(19)9-10-18-13-7-5-6-8-14(13)21-11-16(18)20/h5-8,12H,3-4,9-11H2,1-2H3,(H,17,19). The lowest BCUT2D eigenvalue weighted by atomic mass is 10.1. The minimum absolute atomic E-state index is 0.0206. The number of carbonyl (C=O) groups excluding carboxylic acids is 2. The number of amides is 2. The number of para-hydroxylation sites is 1. The van der Waals surface area contributed by atoms with Gasteiger partial charge < -0.3 is 10.2 Å². The highest BCUT2D eigenvalue weighted by atomic mass is 32.2. The summed E-state index contributed by atoms with van der Waals surface area (Å²) in [5, 5.41) is 3.01. The van der Waals surface area contributed by atoms with Crippen LogP contribution in [0.15, 0.2) is 29.2 Å². The Balaban J connectivity index is 1.96. The molecule has 0 saturated heterocycles. The first-order chi connectivity index (χ1) is 10.2. The number of thioether (sulfide) groups is 1. The molecule has 0 radical (unpaired) electrons. The van der Waals surface area contributed by atoms with Crippen LogP contribution < -0.4 is 10.2 Å². The molecule has 0 saturated carbocycles. The summed E-state index contributed by atoms with van der Waals surface area (Å²) < 4.78 is 0. The quantitative estimate of drug-likeness (QED) is 0.879. The Hall–Kier alpha value is -1.49. The molecule has 1 aliphatic rings. The minimum atomic E-state index is 0.0206. The Morgan fingerprint density at radius 3 is 2.76 bits per heavy atom. The maximum atomic E-state index is 12.1. The predicted molar refractivity (Wildman–Crippen MR) is 86.6 cm³/mol. The third-order valence-electron chi connectivity index (χ3n) is 3.72. The van der Waals surface area contributed by atoms with Crippen LogP contribution in [0, 0.1) is 0 Å². The van der Waals surface area contributed by atoms with E-state index in [1.54, 1.807) is 16.7 Å². The van der Waals surface area contributed by atoms with Gasteiger partial charge in [0, 0.05) is 23.9 Å². The normalized spacial score (nSPS) is 14.2. The molecule has 2 amide bonds. The number of hydrogen-bond acceptors (Lipinski definition) is 3. The van der Waals surface area contributed by atoms with E-state index in [4.69, 9.17) is 0 Å². The van der Waals surface area contributed by atoms with Gasteiger partial charge in [0.1, 0.15) is 0 Å². The maximum Gasteiger partial charge on any atom is 0.237 e. The topological polar surface area (TPSA) is 49.4 Å². The lowest BCUT2D eigenvalue weighted by Gasteiger charge is -2.29. The number of benzene rings is 1. The zero-order valence-corrected chi connectivity index (χ0v) is 13.4. The number of rotatable bonds is 6. The van der Waals surface area contributed by atoms with Crippen LogP contribution in [0.4, 0.5) is 5.69 Å². The van der Waals surface area contributed by atoms with Gasteiger partial charge in [0.15, 0.2) is 0 Å². The van der Waals surface area contributed by atoms with E-state index in [9.17, 15) is 9.59 Å². The molecule has 0 fully saturated rings. The van der Waals surface area contributed by atoms with E-state index < -0.39 is 0 Å². The summed E-state index contributed by atoms with van der Waals surface area (Å²) in [6.45, 7) is 4.58. The fourth-order valence-corrected chi connectivity index (χ4v) is 3.34. The molecule has 0 atom stereocenters. The molecular formula is C16H22N2O2S. The van der Waals surface area contributed by atoms with Crippen molar-refractivity contribution < 1.29 is 9.59 Å². The second kappa shape index (κ2) is 7.50. The summed E-state index contributed by atoms with van der Waals surface area (Å²) in [5.74, 6) is 0.548.